The fourth-order valence-corrected chi connectivity index (χ4v) is 2.08. The normalized spacial score (nSPS) is 10.6. The van der Waals surface area contributed by atoms with E-state index in [0.717, 1.165) is 12.1 Å². The molecule has 0 aliphatic rings. The Hall–Kier alpha value is -2.20. The van der Waals surface area contributed by atoms with Gasteiger partial charge in [0, 0.05) is 6.54 Å². The lowest BCUT2D eigenvalue weighted by Crippen LogP contribution is -2.32. The Balaban J connectivity index is 1.92. The van der Waals surface area contributed by atoms with Crippen molar-refractivity contribution in [3.63, 3.8) is 0 Å². The van der Waals surface area contributed by atoms with Crippen molar-refractivity contribution in [2.24, 2.45) is 0 Å². The second kappa shape index (κ2) is 7.55. The van der Waals surface area contributed by atoms with Gasteiger partial charge in [-0.3, -0.25) is 9.69 Å². The van der Waals surface area contributed by atoms with Crippen molar-refractivity contribution < 1.29 is 9.18 Å². The number of likely N-dealkylation sites (N-methyl/N-ethyl adjacent to an activating group) is 1. The molecule has 2 rings (SSSR count). The third kappa shape index (κ3) is 4.68. The average Bonchev–Trinajstić information content (AvgIpc) is 2.50. The van der Waals surface area contributed by atoms with Crippen LogP contribution in [0.4, 0.5) is 10.1 Å². The molecular weight excluding hydrogens is 267 g/mol. The van der Waals surface area contributed by atoms with Crippen LogP contribution in [0, 0.1) is 5.82 Å². The van der Waals surface area contributed by atoms with E-state index < -0.39 is 5.82 Å². The lowest BCUT2D eigenvalue weighted by Gasteiger charge is -2.20. The Morgan fingerprint density at radius 2 is 1.76 bits per heavy atom. The van der Waals surface area contributed by atoms with E-state index in [9.17, 15) is 9.18 Å². The molecule has 2 aromatic carbocycles. The predicted octanol–water partition coefficient (Wildman–Crippen LogP) is 3.29. The smallest absolute Gasteiger partial charge is 0.238 e. The van der Waals surface area contributed by atoms with Crippen LogP contribution in [0.25, 0.3) is 0 Å². The lowest BCUT2D eigenvalue weighted by molar-refractivity contribution is -0.117. The Bertz CT molecular complexity index is 586. The summed E-state index contributed by atoms with van der Waals surface area (Å²) in [5.74, 6) is -0.630. The lowest BCUT2D eigenvalue weighted by atomic mass is 10.2. The van der Waals surface area contributed by atoms with Gasteiger partial charge in [0.05, 0.1) is 12.2 Å². The molecule has 0 saturated carbocycles. The van der Waals surface area contributed by atoms with Crippen LogP contribution in [0.3, 0.4) is 0 Å². The van der Waals surface area contributed by atoms with Gasteiger partial charge >= 0.3 is 0 Å². The summed E-state index contributed by atoms with van der Waals surface area (Å²) < 4.78 is 13.5. The number of nitrogens with zero attached hydrogens (tertiary/aromatic N) is 1. The summed E-state index contributed by atoms with van der Waals surface area (Å²) >= 11 is 0. The summed E-state index contributed by atoms with van der Waals surface area (Å²) in [5, 5.41) is 2.61. The first-order chi connectivity index (χ1) is 10.2. The van der Waals surface area contributed by atoms with Crippen LogP contribution in [0.5, 0.6) is 0 Å². The summed E-state index contributed by atoms with van der Waals surface area (Å²) in [4.78, 5) is 14.0. The van der Waals surface area contributed by atoms with E-state index in [4.69, 9.17) is 0 Å². The zero-order chi connectivity index (χ0) is 15.1. The number of nitrogens with one attached hydrogen (secondary N) is 1. The molecule has 0 bridgehead atoms. The molecule has 0 fully saturated rings. The minimum Gasteiger partial charge on any atom is -0.322 e. The van der Waals surface area contributed by atoms with Crippen LogP contribution < -0.4 is 5.32 Å². The predicted molar refractivity (Wildman–Crippen MR) is 82.4 cm³/mol. The van der Waals surface area contributed by atoms with Crippen molar-refractivity contribution in [2.75, 3.05) is 18.4 Å². The monoisotopic (exact) mass is 286 g/mol. The van der Waals surface area contributed by atoms with Gasteiger partial charge < -0.3 is 5.32 Å². The maximum atomic E-state index is 13.5. The third-order valence-corrected chi connectivity index (χ3v) is 3.21. The SMILES string of the molecule is CCN(CC(=O)Nc1ccccc1F)Cc1ccccc1. The molecule has 1 N–H and O–H groups in total. The number of halogens is 1. The molecular formula is C17H19FN2O. The minimum atomic E-state index is -0.419. The van der Waals surface area contributed by atoms with Crippen LogP contribution in [-0.2, 0) is 11.3 Å². The molecule has 0 aliphatic heterocycles. The van der Waals surface area contributed by atoms with E-state index >= 15 is 0 Å². The molecule has 4 heteroatoms. The molecule has 0 atom stereocenters. The van der Waals surface area contributed by atoms with E-state index in [0.29, 0.717) is 6.54 Å². The standard InChI is InChI=1S/C17H19FN2O/c1-2-20(12-14-8-4-3-5-9-14)13-17(21)19-16-11-7-6-10-15(16)18/h3-11H,2,12-13H2,1H3,(H,19,21). The van der Waals surface area contributed by atoms with Crippen molar-refractivity contribution in [2.45, 2.75) is 13.5 Å². The Morgan fingerprint density at radius 3 is 2.43 bits per heavy atom. The van der Waals surface area contributed by atoms with Gasteiger partial charge in [0.1, 0.15) is 5.82 Å². The minimum absolute atomic E-state index is 0.210. The highest BCUT2D eigenvalue weighted by molar-refractivity contribution is 5.92. The summed E-state index contributed by atoms with van der Waals surface area (Å²) in [5.41, 5.74) is 1.37. The second-order valence-electron chi connectivity index (χ2n) is 4.82. The van der Waals surface area contributed by atoms with Gasteiger partial charge in [-0.05, 0) is 24.2 Å². The fraction of sp³-hybridized carbons (Fsp3) is 0.235. The van der Waals surface area contributed by atoms with Crippen molar-refractivity contribution >= 4 is 11.6 Å². The second-order valence-corrected chi connectivity index (χ2v) is 4.82. The summed E-state index contributed by atoms with van der Waals surface area (Å²) in [7, 11) is 0. The maximum absolute atomic E-state index is 13.5. The molecule has 3 nitrogen and oxygen atoms in total. The van der Waals surface area contributed by atoms with Crippen molar-refractivity contribution in [1.82, 2.24) is 4.90 Å². The fourth-order valence-electron chi connectivity index (χ4n) is 2.08. The largest absolute Gasteiger partial charge is 0.322 e. The molecule has 21 heavy (non-hydrogen) atoms. The highest BCUT2D eigenvalue weighted by atomic mass is 19.1. The van der Waals surface area contributed by atoms with Gasteiger partial charge in [-0.2, -0.15) is 0 Å². The van der Waals surface area contributed by atoms with E-state index in [1.165, 1.54) is 6.07 Å². The molecule has 110 valence electrons. The zero-order valence-corrected chi connectivity index (χ0v) is 12.1. The number of carbonyl (C=O) groups is 1. The molecule has 0 spiro atoms. The maximum Gasteiger partial charge on any atom is 0.238 e. The summed E-state index contributed by atoms with van der Waals surface area (Å²) in [6, 6.07) is 16.1. The van der Waals surface area contributed by atoms with Gasteiger partial charge in [0.15, 0.2) is 0 Å². The zero-order valence-electron chi connectivity index (χ0n) is 12.1. The molecule has 0 heterocycles. The molecule has 0 aromatic heterocycles. The van der Waals surface area contributed by atoms with Gasteiger partial charge in [0.25, 0.3) is 0 Å². The average molecular weight is 286 g/mol. The van der Waals surface area contributed by atoms with E-state index in [-0.39, 0.29) is 18.1 Å². The van der Waals surface area contributed by atoms with E-state index in [1.54, 1.807) is 18.2 Å². The number of hydrogen-bond donors (Lipinski definition) is 1. The molecule has 2 aromatic rings. The molecule has 1 amide bonds. The highest BCUT2D eigenvalue weighted by Crippen LogP contribution is 2.12. The number of amides is 1. The number of carbonyl (C=O) groups excluding carboxylic acids is 1. The summed E-state index contributed by atoms with van der Waals surface area (Å²) in [6.07, 6.45) is 0. The topological polar surface area (TPSA) is 32.3 Å². The first kappa shape index (κ1) is 15.2. The van der Waals surface area contributed by atoms with Gasteiger partial charge in [-0.25, -0.2) is 4.39 Å². The van der Waals surface area contributed by atoms with Gasteiger partial charge in [-0.15, -0.1) is 0 Å². The van der Waals surface area contributed by atoms with E-state index in [1.807, 2.05) is 42.2 Å². The number of benzene rings is 2. The summed E-state index contributed by atoms with van der Waals surface area (Å²) in [6.45, 7) is 3.68. The van der Waals surface area contributed by atoms with Crippen molar-refractivity contribution in [1.29, 1.82) is 0 Å². The number of para-hydroxylation sites is 1. The van der Waals surface area contributed by atoms with Crippen LogP contribution in [0.1, 0.15) is 12.5 Å². The van der Waals surface area contributed by atoms with Crippen LogP contribution in [0.15, 0.2) is 54.6 Å². The number of anilines is 1. The number of hydrogen-bond acceptors (Lipinski definition) is 2. The van der Waals surface area contributed by atoms with Gasteiger partial charge in [0.2, 0.25) is 5.91 Å². The molecule has 0 saturated heterocycles. The van der Waals surface area contributed by atoms with Crippen LogP contribution in [-0.4, -0.2) is 23.9 Å². The van der Waals surface area contributed by atoms with Gasteiger partial charge in [-0.1, -0.05) is 49.4 Å². The van der Waals surface area contributed by atoms with Crippen LogP contribution in [0.2, 0.25) is 0 Å². The number of rotatable bonds is 6. The van der Waals surface area contributed by atoms with E-state index in [2.05, 4.69) is 5.32 Å². The first-order valence-electron chi connectivity index (χ1n) is 6.99. The Morgan fingerprint density at radius 1 is 1.10 bits per heavy atom. The molecule has 0 radical (unpaired) electrons. The van der Waals surface area contributed by atoms with Crippen molar-refractivity contribution in [3.8, 4) is 0 Å². The van der Waals surface area contributed by atoms with Crippen molar-refractivity contribution in [3.05, 3.63) is 66.0 Å². The molecule has 0 unspecified atom stereocenters. The quantitative estimate of drug-likeness (QED) is 0.883. The Kier molecular flexibility index (Phi) is 5.46. The Labute approximate surface area is 124 Å². The third-order valence-electron chi connectivity index (χ3n) is 3.21. The highest BCUT2D eigenvalue weighted by Gasteiger charge is 2.11. The molecule has 0 aliphatic carbocycles. The van der Waals surface area contributed by atoms with Crippen LogP contribution >= 0.6 is 0 Å². The first-order valence-corrected chi connectivity index (χ1v) is 6.99.